The molecular formula is C23H22FN3S. The van der Waals surface area contributed by atoms with Gasteiger partial charge in [0.15, 0.2) is 0 Å². The zero-order valence-corrected chi connectivity index (χ0v) is 17.0. The first kappa shape index (κ1) is 18.6. The summed E-state index contributed by atoms with van der Waals surface area (Å²) < 4.78 is 17.0. The highest BCUT2D eigenvalue weighted by Crippen LogP contribution is 2.38. The first-order chi connectivity index (χ1) is 13.5. The van der Waals surface area contributed by atoms with Crippen molar-refractivity contribution in [1.82, 2.24) is 14.5 Å². The molecule has 142 valence electrons. The molecule has 2 aromatic carbocycles. The van der Waals surface area contributed by atoms with Gasteiger partial charge in [-0.1, -0.05) is 42.5 Å². The van der Waals surface area contributed by atoms with Crippen LogP contribution in [0.5, 0.6) is 0 Å². The molecule has 0 aliphatic carbocycles. The quantitative estimate of drug-likeness (QED) is 0.534. The Balaban J connectivity index is 1.56. The van der Waals surface area contributed by atoms with Crippen molar-refractivity contribution in [2.75, 3.05) is 0 Å². The zero-order valence-electron chi connectivity index (χ0n) is 16.2. The monoisotopic (exact) mass is 391 g/mol. The topological polar surface area (TPSA) is 31.9 Å². The smallest absolute Gasteiger partial charge is 0.128 e. The van der Waals surface area contributed by atoms with Crippen molar-refractivity contribution in [3.8, 4) is 11.1 Å². The molecule has 0 saturated carbocycles. The summed E-state index contributed by atoms with van der Waals surface area (Å²) >= 11 is 1.65. The Morgan fingerprint density at radius 3 is 2.46 bits per heavy atom. The Hall–Kier alpha value is -2.79. The largest absolute Gasteiger partial charge is 0.312 e. The second kappa shape index (κ2) is 7.68. The van der Waals surface area contributed by atoms with Gasteiger partial charge in [0.2, 0.25) is 0 Å². The van der Waals surface area contributed by atoms with Gasteiger partial charge in [0.25, 0.3) is 0 Å². The SMILES string of the molecule is CC1=CC=C(c2ccccc2)SN1Cc1ccc(-c2c(C)n[nH]c2C)cc1F. The molecule has 0 bridgehead atoms. The first-order valence-electron chi connectivity index (χ1n) is 9.23. The van der Waals surface area contributed by atoms with E-state index in [-0.39, 0.29) is 5.82 Å². The normalized spacial score (nSPS) is 14.1. The third-order valence-electron chi connectivity index (χ3n) is 4.92. The minimum atomic E-state index is -0.193. The standard InChI is InChI=1S/C23H22FN3S/c1-15-9-12-22(18-7-5-4-6-8-18)28-27(15)14-20-11-10-19(13-21(20)24)23-16(2)25-26-17(23)3/h4-13H,14H2,1-3H3,(H,25,26). The molecule has 4 rings (SSSR count). The van der Waals surface area contributed by atoms with E-state index in [1.807, 2.05) is 44.2 Å². The Morgan fingerprint density at radius 1 is 1.00 bits per heavy atom. The number of benzene rings is 2. The summed E-state index contributed by atoms with van der Waals surface area (Å²) in [6.45, 7) is 6.44. The van der Waals surface area contributed by atoms with Gasteiger partial charge in [-0.05, 0) is 62.1 Å². The predicted molar refractivity (Wildman–Crippen MR) is 115 cm³/mol. The van der Waals surface area contributed by atoms with Crippen molar-refractivity contribution >= 4 is 16.9 Å². The number of aromatic amines is 1. The number of H-pyrrole nitrogens is 1. The van der Waals surface area contributed by atoms with Gasteiger partial charge in [0.05, 0.1) is 12.2 Å². The van der Waals surface area contributed by atoms with Crippen molar-refractivity contribution < 1.29 is 4.39 Å². The van der Waals surface area contributed by atoms with Gasteiger partial charge in [-0.15, -0.1) is 0 Å². The van der Waals surface area contributed by atoms with Crippen LogP contribution < -0.4 is 0 Å². The summed E-state index contributed by atoms with van der Waals surface area (Å²) in [4.78, 5) is 1.16. The Morgan fingerprint density at radius 2 is 1.79 bits per heavy atom. The molecule has 0 spiro atoms. The maximum atomic E-state index is 14.9. The summed E-state index contributed by atoms with van der Waals surface area (Å²) in [7, 11) is 0. The molecular weight excluding hydrogens is 369 g/mol. The summed E-state index contributed by atoms with van der Waals surface area (Å²) in [5, 5.41) is 7.18. The number of aromatic nitrogens is 2. The van der Waals surface area contributed by atoms with Gasteiger partial charge in [-0.2, -0.15) is 5.10 Å². The molecule has 0 atom stereocenters. The number of nitrogens with one attached hydrogen (secondary N) is 1. The van der Waals surface area contributed by atoms with Crippen LogP contribution in [0.15, 0.2) is 66.4 Å². The summed E-state index contributed by atoms with van der Waals surface area (Å²) in [5.74, 6) is -0.193. The molecule has 1 aliphatic rings. The van der Waals surface area contributed by atoms with E-state index in [1.165, 1.54) is 5.56 Å². The third-order valence-corrected chi connectivity index (χ3v) is 6.13. The second-order valence-electron chi connectivity index (χ2n) is 6.95. The van der Waals surface area contributed by atoms with Gasteiger partial charge in [0, 0.05) is 27.4 Å². The Labute approximate surface area is 169 Å². The van der Waals surface area contributed by atoms with Crippen LogP contribution in [-0.4, -0.2) is 14.5 Å². The maximum absolute atomic E-state index is 14.9. The minimum Gasteiger partial charge on any atom is -0.312 e. The molecule has 3 aromatic rings. The van der Waals surface area contributed by atoms with Crippen LogP contribution in [-0.2, 0) is 6.54 Å². The molecule has 1 aliphatic heterocycles. The molecule has 28 heavy (non-hydrogen) atoms. The second-order valence-corrected chi connectivity index (χ2v) is 8.01. The number of hydrogen-bond acceptors (Lipinski definition) is 3. The highest BCUT2D eigenvalue weighted by Gasteiger charge is 2.18. The van der Waals surface area contributed by atoms with Gasteiger partial charge in [-0.25, -0.2) is 4.39 Å². The zero-order chi connectivity index (χ0) is 19.7. The molecule has 0 radical (unpaired) electrons. The molecule has 1 aromatic heterocycles. The fraction of sp³-hybridized carbons (Fsp3) is 0.174. The molecule has 0 amide bonds. The van der Waals surface area contributed by atoms with Crippen LogP contribution in [0.25, 0.3) is 16.0 Å². The van der Waals surface area contributed by atoms with E-state index in [1.54, 1.807) is 18.0 Å². The van der Waals surface area contributed by atoms with Gasteiger partial charge >= 0.3 is 0 Å². The van der Waals surface area contributed by atoms with Gasteiger partial charge in [0.1, 0.15) is 5.82 Å². The maximum Gasteiger partial charge on any atom is 0.128 e. The van der Waals surface area contributed by atoms with Crippen molar-refractivity contribution in [2.45, 2.75) is 27.3 Å². The lowest BCUT2D eigenvalue weighted by Gasteiger charge is -2.28. The van der Waals surface area contributed by atoms with E-state index in [2.05, 4.69) is 45.7 Å². The summed E-state index contributed by atoms with van der Waals surface area (Å²) in [6.07, 6.45) is 4.21. The van der Waals surface area contributed by atoms with Crippen molar-refractivity contribution in [1.29, 1.82) is 0 Å². The number of nitrogens with zero attached hydrogens (tertiary/aromatic N) is 2. The predicted octanol–water partition coefficient (Wildman–Crippen LogP) is 6.24. The number of hydrogen-bond donors (Lipinski definition) is 1. The average molecular weight is 392 g/mol. The Bertz CT molecular complexity index is 1050. The lowest BCUT2D eigenvalue weighted by Crippen LogP contribution is -2.16. The van der Waals surface area contributed by atoms with Crippen molar-refractivity contribution in [3.63, 3.8) is 0 Å². The van der Waals surface area contributed by atoms with E-state index in [0.717, 1.165) is 33.1 Å². The van der Waals surface area contributed by atoms with E-state index in [9.17, 15) is 4.39 Å². The first-order valence-corrected chi connectivity index (χ1v) is 10.00. The molecule has 0 unspecified atom stereocenters. The van der Waals surface area contributed by atoms with Gasteiger partial charge in [-0.3, -0.25) is 5.10 Å². The number of rotatable bonds is 4. The summed E-state index contributed by atoms with van der Waals surface area (Å²) in [6, 6.07) is 15.7. The molecule has 3 nitrogen and oxygen atoms in total. The molecule has 1 N–H and O–H groups in total. The molecule has 0 fully saturated rings. The fourth-order valence-electron chi connectivity index (χ4n) is 3.37. The van der Waals surface area contributed by atoms with Gasteiger partial charge < -0.3 is 4.31 Å². The van der Waals surface area contributed by atoms with Crippen LogP contribution in [0.3, 0.4) is 0 Å². The van der Waals surface area contributed by atoms with Crippen LogP contribution in [0.1, 0.15) is 29.4 Å². The number of allylic oxidation sites excluding steroid dienone is 3. The lowest BCUT2D eigenvalue weighted by atomic mass is 10.0. The van der Waals surface area contributed by atoms with Crippen LogP contribution >= 0.6 is 11.9 Å². The van der Waals surface area contributed by atoms with Crippen molar-refractivity contribution in [2.24, 2.45) is 0 Å². The fourth-order valence-corrected chi connectivity index (χ4v) is 4.39. The van der Waals surface area contributed by atoms with Crippen LogP contribution in [0, 0.1) is 19.7 Å². The molecule has 2 heterocycles. The number of aryl methyl sites for hydroxylation is 2. The average Bonchev–Trinajstić information content (AvgIpc) is 3.04. The minimum absolute atomic E-state index is 0.193. The lowest BCUT2D eigenvalue weighted by molar-refractivity contribution is 0.534. The molecule has 5 heteroatoms. The van der Waals surface area contributed by atoms with Crippen molar-refractivity contribution in [3.05, 3.63) is 94.7 Å². The van der Waals surface area contributed by atoms with E-state index >= 15 is 0 Å². The Kier molecular flexibility index (Phi) is 5.09. The highest BCUT2D eigenvalue weighted by molar-refractivity contribution is 8.06. The summed E-state index contributed by atoms with van der Waals surface area (Å²) in [5.41, 5.74) is 6.62. The third kappa shape index (κ3) is 3.62. The van der Waals surface area contributed by atoms with E-state index in [0.29, 0.717) is 12.1 Å². The highest BCUT2D eigenvalue weighted by atomic mass is 32.2. The van der Waals surface area contributed by atoms with Crippen LogP contribution in [0.4, 0.5) is 4.39 Å². The van der Waals surface area contributed by atoms with E-state index in [4.69, 9.17) is 0 Å². The number of halogens is 1. The van der Waals surface area contributed by atoms with Crippen LogP contribution in [0.2, 0.25) is 0 Å². The molecule has 0 saturated heterocycles. The van der Waals surface area contributed by atoms with E-state index < -0.39 is 0 Å².